The molecule has 1 aromatic rings. The van der Waals surface area contributed by atoms with Crippen LogP contribution in [0.1, 0.15) is 17.0 Å². The fourth-order valence-corrected chi connectivity index (χ4v) is 3.44. The summed E-state index contributed by atoms with van der Waals surface area (Å²) in [5, 5.41) is 6.72. The molecular weight excluding hydrogens is 320 g/mol. The van der Waals surface area contributed by atoms with Crippen LogP contribution in [0, 0.1) is 13.8 Å². The zero-order valence-corrected chi connectivity index (χ0v) is 14.6. The summed E-state index contributed by atoms with van der Waals surface area (Å²) >= 11 is 0. The van der Waals surface area contributed by atoms with Gasteiger partial charge >= 0.3 is 0 Å². The number of sulfonamides is 1. The number of aromatic nitrogens is 1. The smallest absolute Gasteiger partial charge is 0.224 e. The van der Waals surface area contributed by atoms with Crippen molar-refractivity contribution in [2.45, 2.75) is 20.3 Å². The van der Waals surface area contributed by atoms with Crippen LogP contribution in [0.2, 0.25) is 0 Å². The molecule has 2 rings (SSSR count). The summed E-state index contributed by atoms with van der Waals surface area (Å²) in [6.07, 6.45) is 1.50. The van der Waals surface area contributed by atoms with Crippen molar-refractivity contribution in [2.75, 3.05) is 45.5 Å². The van der Waals surface area contributed by atoms with E-state index in [1.165, 1.54) is 10.6 Å². The van der Waals surface area contributed by atoms with Gasteiger partial charge in [-0.3, -0.25) is 9.69 Å². The lowest BCUT2D eigenvalue weighted by atomic mass is 10.1. The average Bonchev–Trinajstić information content (AvgIpc) is 2.79. The molecule has 0 atom stereocenters. The van der Waals surface area contributed by atoms with E-state index in [0.29, 0.717) is 45.0 Å². The summed E-state index contributed by atoms with van der Waals surface area (Å²) < 4.78 is 29.4. The van der Waals surface area contributed by atoms with Crippen LogP contribution in [-0.2, 0) is 21.2 Å². The fourth-order valence-electron chi connectivity index (χ4n) is 2.62. The first-order valence-corrected chi connectivity index (χ1v) is 9.48. The summed E-state index contributed by atoms with van der Waals surface area (Å²) in [5.41, 5.74) is 1.58. The zero-order valence-electron chi connectivity index (χ0n) is 13.8. The fraction of sp³-hybridized carbons (Fsp3) is 0.714. The maximum absolute atomic E-state index is 12.0. The molecule has 23 heavy (non-hydrogen) atoms. The Hall–Kier alpha value is -1.45. The van der Waals surface area contributed by atoms with Crippen molar-refractivity contribution in [1.29, 1.82) is 0 Å². The molecule has 1 aliphatic rings. The average molecular weight is 344 g/mol. The number of hydrogen-bond acceptors (Lipinski definition) is 6. The molecule has 2 heterocycles. The minimum Gasteiger partial charge on any atom is -0.361 e. The Morgan fingerprint density at radius 3 is 2.43 bits per heavy atom. The Bertz CT molecular complexity index is 628. The molecular formula is C14H24N4O4S. The van der Waals surface area contributed by atoms with E-state index in [4.69, 9.17) is 4.52 Å². The summed E-state index contributed by atoms with van der Waals surface area (Å²) in [4.78, 5) is 14.1. The van der Waals surface area contributed by atoms with Crippen LogP contribution in [-0.4, -0.2) is 74.2 Å². The molecule has 0 bridgehead atoms. The number of amides is 1. The van der Waals surface area contributed by atoms with Crippen molar-refractivity contribution in [2.24, 2.45) is 0 Å². The molecule has 1 aliphatic heterocycles. The highest BCUT2D eigenvalue weighted by Crippen LogP contribution is 2.12. The maximum atomic E-state index is 12.0. The van der Waals surface area contributed by atoms with Crippen molar-refractivity contribution in [3.05, 3.63) is 17.0 Å². The first kappa shape index (κ1) is 17.9. The van der Waals surface area contributed by atoms with E-state index in [-0.39, 0.29) is 12.3 Å². The highest BCUT2D eigenvalue weighted by molar-refractivity contribution is 7.88. The Kier molecular flexibility index (Phi) is 5.77. The van der Waals surface area contributed by atoms with Gasteiger partial charge in [0.1, 0.15) is 5.76 Å². The number of hydrogen-bond donors (Lipinski definition) is 1. The topological polar surface area (TPSA) is 95.8 Å². The largest absolute Gasteiger partial charge is 0.361 e. The first-order chi connectivity index (χ1) is 10.8. The summed E-state index contributed by atoms with van der Waals surface area (Å²) in [5.74, 6) is 0.615. The van der Waals surface area contributed by atoms with E-state index in [0.717, 1.165) is 11.3 Å². The number of carbonyl (C=O) groups excluding carboxylic acids is 1. The Morgan fingerprint density at radius 1 is 1.26 bits per heavy atom. The highest BCUT2D eigenvalue weighted by atomic mass is 32.2. The van der Waals surface area contributed by atoms with Gasteiger partial charge in [0, 0.05) is 44.8 Å². The van der Waals surface area contributed by atoms with Gasteiger partial charge in [-0.05, 0) is 13.8 Å². The molecule has 0 aromatic carbocycles. The van der Waals surface area contributed by atoms with Crippen LogP contribution in [0.4, 0.5) is 0 Å². The lowest BCUT2D eigenvalue weighted by Gasteiger charge is -2.33. The summed E-state index contributed by atoms with van der Waals surface area (Å²) in [6, 6.07) is 0. The molecule has 1 aromatic heterocycles. The minimum atomic E-state index is -3.10. The molecule has 0 unspecified atom stereocenters. The van der Waals surface area contributed by atoms with Gasteiger partial charge in [-0.15, -0.1) is 0 Å². The standard InChI is InChI=1S/C14H24N4O4S/c1-11-13(12(2)22-16-11)10-14(19)15-4-5-17-6-8-18(9-7-17)23(3,20)21/h4-10H2,1-3H3,(H,15,19). The van der Waals surface area contributed by atoms with Gasteiger partial charge in [-0.2, -0.15) is 4.31 Å². The number of piperazine rings is 1. The normalized spacial score (nSPS) is 17.3. The van der Waals surface area contributed by atoms with E-state index in [1.807, 2.05) is 6.92 Å². The molecule has 130 valence electrons. The van der Waals surface area contributed by atoms with Crippen LogP contribution < -0.4 is 5.32 Å². The molecule has 1 N–H and O–H groups in total. The van der Waals surface area contributed by atoms with E-state index in [1.54, 1.807) is 6.92 Å². The second-order valence-corrected chi connectivity index (χ2v) is 7.82. The van der Waals surface area contributed by atoms with E-state index in [2.05, 4.69) is 15.4 Å². The molecule has 1 amide bonds. The van der Waals surface area contributed by atoms with Crippen molar-refractivity contribution in [3.8, 4) is 0 Å². The van der Waals surface area contributed by atoms with Gasteiger partial charge < -0.3 is 9.84 Å². The van der Waals surface area contributed by atoms with Crippen LogP contribution in [0.15, 0.2) is 4.52 Å². The minimum absolute atomic E-state index is 0.0610. The van der Waals surface area contributed by atoms with Crippen molar-refractivity contribution >= 4 is 15.9 Å². The van der Waals surface area contributed by atoms with Crippen molar-refractivity contribution in [1.82, 2.24) is 19.7 Å². The highest BCUT2D eigenvalue weighted by Gasteiger charge is 2.23. The van der Waals surface area contributed by atoms with Gasteiger partial charge in [0.25, 0.3) is 0 Å². The van der Waals surface area contributed by atoms with Gasteiger partial charge in [-0.25, -0.2) is 8.42 Å². The van der Waals surface area contributed by atoms with Gasteiger partial charge in [0.15, 0.2) is 0 Å². The van der Waals surface area contributed by atoms with Gasteiger partial charge in [-0.1, -0.05) is 5.16 Å². The summed E-state index contributed by atoms with van der Waals surface area (Å²) in [6.45, 7) is 7.26. The number of rotatable bonds is 6. The van der Waals surface area contributed by atoms with Crippen molar-refractivity contribution < 1.29 is 17.7 Å². The predicted octanol–water partition coefficient (Wildman–Crippen LogP) is -0.473. The van der Waals surface area contributed by atoms with Crippen LogP contribution in [0.25, 0.3) is 0 Å². The third-order valence-corrected chi connectivity index (χ3v) is 5.37. The van der Waals surface area contributed by atoms with E-state index >= 15 is 0 Å². The van der Waals surface area contributed by atoms with Gasteiger partial charge in [0.2, 0.25) is 15.9 Å². The second kappa shape index (κ2) is 7.41. The third-order valence-electron chi connectivity index (χ3n) is 4.07. The van der Waals surface area contributed by atoms with E-state index < -0.39 is 10.0 Å². The number of nitrogens with zero attached hydrogens (tertiary/aromatic N) is 3. The van der Waals surface area contributed by atoms with E-state index in [9.17, 15) is 13.2 Å². The van der Waals surface area contributed by atoms with Crippen LogP contribution in [0.5, 0.6) is 0 Å². The molecule has 9 heteroatoms. The van der Waals surface area contributed by atoms with Crippen LogP contribution in [0.3, 0.4) is 0 Å². The monoisotopic (exact) mass is 344 g/mol. The Balaban J connectivity index is 1.69. The lowest BCUT2D eigenvalue weighted by Crippen LogP contribution is -2.49. The SMILES string of the molecule is Cc1noc(C)c1CC(=O)NCCN1CCN(S(C)(=O)=O)CC1. The molecule has 1 saturated heterocycles. The Morgan fingerprint density at radius 2 is 1.91 bits per heavy atom. The van der Waals surface area contributed by atoms with Crippen LogP contribution >= 0.6 is 0 Å². The third kappa shape index (κ3) is 5.02. The second-order valence-electron chi connectivity index (χ2n) is 5.83. The van der Waals surface area contributed by atoms with Gasteiger partial charge in [0.05, 0.1) is 18.4 Å². The van der Waals surface area contributed by atoms with Crippen molar-refractivity contribution in [3.63, 3.8) is 0 Å². The molecule has 1 fully saturated rings. The molecule has 0 saturated carbocycles. The maximum Gasteiger partial charge on any atom is 0.224 e. The summed E-state index contributed by atoms with van der Waals surface area (Å²) in [7, 11) is -3.10. The number of aryl methyl sites for hydroxylation is 2. The Labute approximate surface area is 136 Å². The molecule has 8 nitrogen and oxygen atoms in total. The molecule has 0 spiro atoms. The zero-order chi connectivity index (χ0) is 17.0. The number of carbonyl (C=O) groups is 1. The predicted molar refractivity (Wildman–Crippen MR) is 85.5 cm³/mol. The number of nitrogens with one attached hydrogen (secondary N) is 1. The molecule has 0 radical (unpaired) electrons. The quantitative estimate of drug-likeness (QED) is 0.749. The lowest BCUT2D eigenvalue weighted by molar-refractivity contribution is -0.120. The first-order valence-electron chi connectivity index (χ1n) is 7.63. The molecule has 0 aliphatic carbocycles.